The van der Waals surface area contributed by atoms with Crippen LogP contribution in [-0.2, 0) is 14.4 Å². The topological polar surface area (TPSA) is 51.2 Å². The summed E-state index contributed by atoms with van der Waals surface area (Å²) in [5, 5.41) is 0. The van der Waals surface area contributed by atoms with E-state index in [0.717, 1.165) is 32.1 Å². The van der Waals surface area contributed by atoms with Gasteiger partial charge in [-0.15, -0.1) is 0 Å². The summed E-state index contributed by atoms with van der Waals surface area (Å²) in [6.45, 7) is 1.44. The van der Waals surface area contributed by atoms with Crippen LogP contribution in [0.15, 0.2) is 0 Å². The fourth-order valence-corrected chi connectivity index (χ4v) is 3.27. The van der Waals surface area contributed by atoms with E-state index >= 15 is 0 Å². The van der Waals surface area contributed by atoms with E-state index in [1.807, 2.05) is 0 Å². The summed E-state index contributed by atoms with van der Waals surface area (Å²) in [6.07, 6.45) is 4.54. The van der Waals surface area contributed by atoms with Gasteiger partial charge in [-0.05, 0) is 19.8 Å². The molecule has 0 heterocycles. The van der Waals surface area contributed by atoms with E-state index in [2.05, 4.69) is 0 Å². The Balaban J connectivity index is 2.37. The Hall–Kier alpha value is -0.990. The maximum atomic E-state index is 11.9. The molecule has 0 aromatic rings. The van der Waals surface area contributed by atoms with E-state index in [0.29, 0.717) is 0 Å². The highest BCUT2D eigenvalue weighted by Gasteiger charge is 2.56. The maximum Gasteiger partial charge on any atom is 0.151 e. The molecule has 3 heteroatoms. The van der Waals surface area contributed by atoms with Crippen LogP contribution in [0, 0.1) is 11.3 Å². The largest absolute Gasteiger partial charge is 0.299 e. The molecule has 2 aliphatic rings. The molecule has 3 nitrogen and oxygen atoms in total. The van der Waals surface area contributed by atoms with Gasteiger partial charge in [0.1, 0.15) is 11.6 Å². The highest BCUT2D eigenvalue weighted by Crippen LogP contribution is 2.49. The molecule has 0 amide bonds. The normalized spacial score (nSPS) is 29.8. The zero-order valence-corrected chi connectivity index (χ0v) is 9.04. The van der Waals surface area contributed by atoms with Gasteiger partial charge in [-0.25, -0.2) is 0 Å². The molecule has 1 spiro atoms. The van der Waals surface area contributed by atoms with Crippen molar-refractivity contribution >= 4 is 17.3 Å². The second-order valence-corrected chi connectivity index (χ2v) is 4.83. The van der Waals surface area contributed by atoms with Crippen molar-refractivity contribution in [3.63, 3.8) is 0 Å². The summed E-state index contributed by atoms with van der Waals surface area (Å²) in [4.78, 5) is 35.1. The van der Waals surface area contributed by atoms with Gasteiger partial charge < -0.3 is 0 Å². The average molecular weight is 208 g/mol. The highest BCUT2D eigenvalue weighted by atomic mass is 16.2. The lowest BCUT2D eigenvalue weighted by Gasteiger charge is -2.35. The molecular formula is C12H16O3. The monoisotopic (exact) mass is 208 g/mol. The van der Waals surface area contributed by atoms with Crippen molar-refractivity contribution in [1.29, 1.82) is 0 Å². The smallest absolute Gasteiger partial charge is 0.151 e. The van der Waals surface area contributed by atoms with Crippen LogP contribution in [0.25, 0.3) is 0 Å². The molecule has 2 aliphatic carbocycles. The number of carbonyl (C=O) groups excluding carboxylic acids is 3. The third kappa shape index (κ3) is 1.45. The molecule has 1 atom stereocenters. The van der Waals surface area contributed by atoms with Gasteiger partial charge in [0.2, 0.25) is 0 Å². The first-order valence-corrected chi connectivity index (χ1v) is 5.64. The van der Waals surface area contributed by atoms with Crippen molar-refractivity contribution in [1.82, 2.24) is 0 Å². The number of carbonyl (C=O) groups is 3. The van der Waals surface area contributed by atoms with E-state index in [-0.39, 0.29) is 23.8 Å². The Labute approximate surface area is 89.2 Å². The summed E-state index contributed by atoms with van der Waals surface area (Å²) in [5.74, 6) is -0.861. The van der Waals surface area contributed by atoms with E-state index in [4.69, 9.17) is 0 Å². The lowest BCUT2D eigenvalue weighted by atomic mass is 9.66. The maximum absolute atomic E-state index is 11.9. The van der Waals surface area contributed by atoms with Crippen molar-refractivity contribution in [2.75, 3.05) is 0 Å². The van der Waals surface area contributed by atoms with Crippen molar-refractivity contribution in [2.45, 2.75) is 45.4 Å². The number of rotatable bonds is 1. The van der Waals surface area contributed by atoms with Gasteiger partial charge in [-0.1, -0.05) is 19.3 Å². The molecular weight excluding hydrogens is 192 g/mol. The van der Waals surface area contributed by atoms with Gasteiger partial charge in [0.25, 0.3) is 0 Å². The molecule has 0 aliphatic heterocycles. The zero-order valence-electron chi connectivity index (χ0n) is 9.04. The first-order valence-electron chi connectivity index (χ1n) is 5.64. The molecule has 0 aromatic heterocycles. The van der Waals surface area contributed by atoms with Crippen LogP contribution >= 0.6 is 0 Å². The molecule has 1 unspecified atom stereocenters. The predicted octanol–water partition coefficient (Wildman–Crippen LogP) is 1.68. The van der Waals surface area contributed by atoms with Gasteiger partial charge in [-0.2, -0.15) is 0 Å². The Kier molecular flexibility index (Phi) is 2.49. The molecule has 0 radical (unpaired) electrons. The minimum Gasteiger partial charge on any atom is -0.299 e. The molecule has 82 valence electrons. The number of Topliss-reactive ketones (excluding diaryl/α,β-unsaturated/α-hetero) is 3. The van der Waals surface area contributed by atoms with Crippen LogP contribution < -0.4 is 0 Å². The average Bonchev–Trinajstić information content (AvgIpc) is 2.39. The zero-order chi connectivity index (χ0) is 11.1. The number of ketones is 3. The van der Waals surface area contributed by atoms with E-state index in [1.54, 1.807) is 0 Å². The summed E-state index contributed by atoms with van der Waals surface area (Å²) in [5.41, 5.74) is -0.596. The second-order valence-electron chi connectivity index (χ2n) is 4.83. The summed E-state index contributed by atoms with van der Waals surface area (Å²) in [7, 11) is 0. The van der Waals surface area contributed by atoms with E-state index < -0.39 is 11.3 Å². The van der Waals surface area contributed by atoms with Crippen molar-refractivity contribution in [3.05, 3.63) is 0 Å². The van der Waals surface area contributed by atoms with E-state index in [9.17, 15) is 14.4 Å². The highest BCUT2D eigenvalue weighted by molar-refractivity contribution is 6.19. The summed E-state index contributed by atoms with van der Waals surface area (Å²) in [6, 6.07) is 0. The minimum absolute atomic E-state index is 0.00968. The number of hydrogen-bond donors (Lipinski definition) is 0. The standard InChI is InChI=1S/C12H16O3/c1-8(13)11-9(14)7-10(15)12(11)5-3-2-4-6-12/h11H,2-7H2,1H3. The molecule has 0 saturated heterocycles. The van der Waals surface area contributed by atoms with Crippen LogP contribution in [0.5, 0.6) is 0 Å². The van der Waals surface area contributed by atoms with Crippen LogP contribution in [0.2, 0.25) is 0 Å². The Morgan fingerprint density at radius 2 is 1.80 bits per heavy atom. The quantitative estimate of drug-likeness (QED) is 0.616. The van der Waals surface area contributed by atoms with Crippen molar-refractivity contribution < 1.29 is 14.4 Å². The Morgan fingerprint density at radius 1 is 1.20 bits per heavy atom. The Bertz CT molecular complexity index is 324. The molecule has 2 saturated carbocycles. The van der Waals surface area contributed by atoms with Crippen molar-refractivity contribution in [2.24, 2.45) is 11.3 Å². The van der Waals surface area contributed by atoms with Crippen LogP contribution in [0.1, 0.15) is 45.4 Å². The SMILES string of the molecule is CC(=O)C1C(=O)CC(=O)C12CCCCC2. The first-order chi connectivity index (χ1) is 7.08. The van der Waals surface area contributed by atoms with Crippen molar-refractivity contribution in [3.8, 4) is 0 Å². The molecule has 0 N–H and O–H groups in total. The first kappa shape index (κ1) is 10.5. The third-order valence-electron chi connectivity index (χ3n) is 3.92. The van der Waals surface area contributed by atoms with Crippen LogP contribution in [-0.4, -0.2) is 17.3 Å². The van der Waals surface area contributed by atoms with Gasteiger partial charge in [0, 0.05) is 5.41 Å². The summed E-state index contributed by atoms with van der Waals surface area (Å²) >= 11 is 0. The fourth-order valence-electron chi connectivity index (χ4n) is 3.27. The molecule has 2 fully saturated rings. The minimum atomic E-state index is -0.620. The predicted molar refractivity (Wildman–Crippen MR) is 54.3 cm³/mol. The lowest BCUT2D eigenvalue weighted by molar-refractivity contribution is -0.138. The van der Waals surface area contributed by atoms with Crippen LogP contribution in [0.4, 0.5) is 0 Å². The molecule has 0 bridgehead atoms. The Morgan fingerprint density at radius 3 is 2.33 bits per heavy atom. The molecule has 0 aromatic carbocycles. The van der Waals surface area contributed by atoms with Gasteiger partial charge in [0.05, 0.1) is 12.3 Å². The lowest BCUT2D eigenvalue weighted by Crippen LogP contribution is -2.39. The number of hydrogen-bond acceptors (Lipinski definition) is 3. The van der Waals surface area contributed by atoms with E-state index in [1.165, 1.54) is 6.92 Å². The summed E-state index contributed by atoms with van der Waals surface area (Å²) < 4.78 is 0. The van der Waals surface area contributed by atoms with Gasteiger partial charge in [0.15, 0.2) is 5.78 Å². The second kappa shape index (κ2) is 3.54. The van der Waals surface area contributed by atoms with Crippen LogP contribution in [0.3, 0.4) is 0 Å². The van der Waals surface area contributed by atoms with Gasteiger partial charge in [-0.3, -0.25) is 14.4 Å². The molecule has 15 heavy (non-hydrogen) atoms. The third-order valence-corrected chi connectivity index (χ3v) is 3.92. The molecule has 2 rings (SSSR count). The van der Waals surface area contributed by atoms with Gasteiger partial charge >= 0.3 is 0 Å². The fraction of sp³-hybridized carbons (Fsp3) is 0.750.